The highest BCUT2D eigenvalue weighted by atomic mass is 16.5. The van der Waals surface area contributed by atoms with Crippen LogP contribution in [0.3, 0.4) is 0 Å². The molecule has 0 bridgehead atoms. The van der Waals surface area contributed by atoms with Gasteiger partial charge in [-0.1, -0.05) is 0 Å². The molecule has 0 unspecified atom stereocenters. The SMILES string of the molecule is CC(C)N(C)C[C@@H]1CN(C[C@@H]2CCOC2)Cc2nccn2C1. The van der Waals surface area contributed by atoms with Gasteiger partial charge in [-0.25, -0.2) is 4.98 Å². The Labute approximate surface area is 134 Å². The third kappa shape index (κ3) is 3.89. The Kier molecular flexibility index (Phi) is 5.16. The zero-order valence-electron chi connectivity index (χ0n) is 14.2. The van der Waals surface area contributed by atoms with E-state index in [9.17, 15) is 0 Å². The molecule has 0 amide bonds. The Morgan fingerprint density at radius 2 is 2.23 bits per heavy atom. The van der Waals surface area contributed by atoms with Gasteiger partial charge in [0.1, 0.15) is 5.82 Å². The van der Waals surface area contributed by atoms with E-state index >= 15 is 0 Å². The molecule has 0 N–H and O–H groups in total. The predicted molar refractivity (Wildman–Crippen MR) is 87.7 cm³/mol. The fourth-order valence-corrected chi connectivity index (χ4v) is 3.59. The van der Waals surface area contributed by atoms with Gasteiger partial charge in [-0.15, -0.1) is 0 Å². The molecule has 1 aromatic heterocycles. The van der Waals surface area contributed by atoms with Gasteiger partial charge in [0.15, 0.2) is 0 Å². The molecule has 5 heteroatoms. The first-order valence-corrected chi connectivity index (χ1v) is 8.62. The van der Waals surface area contributed by atoms with E-state index in [1.165, 1.54) is 12.2 Å². The minimum atomic E-state index is 0.599. The molecule has 2 atom stereocenters. The molecule has 0 spiro atoms. The van der Waals surface area contributed by atoms with Crippen molar-refractivity contribution in [3.05, 3.63) is 18.2 Å². The summed E-state index contributed by atoms with van der Waals surface area (Å²) in [4.78, 5) is 9.63. The molecule has 0 saturated carbocycles. The van der Waals surface area contributed by atoms with Crippen molar-refractivity contribution >= 4 is 0 Å². The topological polar surface area (TPSA) is 33.5 Å². The first-order chi connectivity index (χ1) is 10.6. The van der Waals surface area contributed by atoms with Crippen molar-refractivity contribution in [1.82, 2.24) is 19.4 Å². The second-order valence-electron chi connectivity index (χ2n) is 7.32. The summed E-state index contributed by atoms with van der Waals surface area (Å²) >= 11 is 0. The summed E-state index contributed by atoms with van der Waals surface area (Å²) in [6.45, 7) is 11.9. The van der Waals surface area contributed by atoms with Gasteiger partial charge in [0.2, 0.25) is 0 Å². The number of rotatable bonds is 5. The number of nitrogens with zero attached hydrogens (tertiary/aromatic N) is 4. The molecule has 0 aliphatic carbocycles. The molecule has 1 fully saturated rings. The minimum absolute atomic E-state index is 0.599. The monoisotopic (exact) mass is 306 g/mol. The lowest BCUT2D eigenvalue weighted by Gasteiger charge is -2.30. The van der Waals surface area contributed by atoms with Gasteiger partial charge in [-0.05, 0) is 33.2 Å². The molecular formula is C17H30N4O. The van der Waals surface area contributed by atoms with Crippen molar-refractivity contribution in [3.8, 4) is 0 Å². The van der Waals surface area contributed by atoms with Crippen LogP contribution in [0.15, 0.2) is 12.4 Å². The van der Waals surface area contributed by atoms with Crippen LogP contribution in [0.5, 0.6) is 0 Å². The van der Waals surface area contributed by atoms with Crippen LogP contribution in [0.4, 0.5) is 0 Å². The smallest absolute Gasteiger partial charge is 0.122 e. The highest BCUT2D eigenvalue weighted by molar-refractivity contribution is 4.96. The van der Waals surface area contributed by atoms with Crippen molar-refractivity contribution in [2.75, 3.05) is 39.9 Å². The molecular weight excluding hydrogens is 276 g/mol. The molecule has 3 rings (SSSR count). The number of imidazole rings is 1. The lowest BCUT2D eigenvalue weighted by Crippen LogP contribution is -2.39. The molecule has 22 heavy (non-hydrogen) atoms. The third-order valence-electron chi connectivity index (χ3n) is 5.11. The molecule has 1 saturated heterocycles. The van der Waals surface area contributed by atoms with Crippen LogP contribution in [0.2, 0.25) is 0 Å². The zero-order chi connectivity index (χ0) is 15.5. The molecule has 1 aromatic rings. The average Bonchev–Trinajstić information content (AvgIpc) is 3.08. The van der Waals surface area contributed by atoms with Crippen LogP contribution in [0.25, 0.3) is 0 Å². The summed E-state index contributed by atoms with van der Waals surface area (Å²) in [5.41, 5.74) is 0. The fraction of sp³-hybridized carbons (Fsp3) is 0.824. The summed E-state index contributed by atoms with van der Waals surface area (Å²) < 4.78 is 7.90. The van der Waals surface area contributed by atoms with E-state index in [1.54, 1.807) is 0 Å². The maximum absolute atomic E-state index is 5.55. The van der Waals surface area contributed by atoms with Gasteiger partial charge in [0.25, 0.3) is 0 Å². The highest BCUT2D eigenvalue weighted by Gasteiger charge is 2.26. The molecule has 2 aliphatic rings. The Morgan fingerprint density at radius 1 is 1.36 bits per heavy atom. The number of ether oxygens (including phenoxy) is 1. The first-order valence-electron chi connectivity index (χ1n) is 8.62. The second-order valence-corrected chi connectivity index (χ2v) is 7.32. The molecule has 2 aliphatic heterocycles. The lowest BCUT2D eigenvalue weighted by atomic mass is 10.1. The largest absolute Gasteiger partial charge is 0.381 e. The Bertz CT molecular complexity index is 440. The standard InChI is InChI=1S/C17H30N4O/c1-14(2)19(3)8-16-10-20(9-15-4-7-22-13-15)12-17-18-5-6-21(17)11-16/h5-6,14-16H,4,7-13H2,1-3H3/t15-,16+/m0/s1. The van der Waals surface area contributed by atoms with E-state index in [2.05, 4.69) is 46.4 Å². The molecule has 124 valence electrons. The van der Waals surface area contributed by atoms with E-state index in [0.717, 1.165) is 45.9 Å². The van der Waals surface area contributed by atoms with E-state index in [4.69, 9.17) is 4.74 Å². The number of hydrogen-bond donors (Lipinski definition) is 0. The maximum Gasteiger partial charge on any atom is 0.122 e. The van der Waals surface area contributed by atoms with Crippen LogP contribution in [-0.2, 0) is 17.8 Å². The maximum atomic E-state index is 5.55. The summed E-state index contributed by atoms with van der Waals surface area (Å²) in [5.74, 6) is 2.57. The fourth-order valence-electron chi connectivity index (χ4n) is 3.59. The van der Waals surface area contributed by atoms with E-state index < -0.39 is 0 Å². The van der Waals surface area contributed by atoms with Crippen LogP contribution in [0.1, 0.15) is 26.1 Å². The number of fused-ring (bicyclic) bond motifs is 1. The van der Waals surface area contributed by atoms with Crippen molar-refractivity contribution in [2.45, 2.75) is 39.4 Å². The van der Waals surface area contributed by atoms with Gasteiger partial charge in [0, 0.05) is 57.1 Å². The van der Waals surface area contributed by atoms with Crippen molar-refractivity contribution in [3.63, 3.8) is 0 Å². The summed E-state index contributed by atoms with van der Waals surface area (Å²) in [5, 5.41) is 0. The van der Waals surface area contributed by atoms with Crippen LogP contribution < -0.4 is 0 Å². The number of hydrogen-bond acceptors (Lipinski definition) is 4. The van der Waals surface area contributed by atoms with Gasteiger partial charge in [0.05, 0.1) is 13.2 Å². The normalized spacial score (nSPS) is 26.6. The van der Waals surface area contributed by atoms with E-state index in [0.29, 0.717) is 17.9 Å². The van der Waals surface area contributed by atoms with E-state index in [-0.39, 0.29) is 0 Å². The predicted octanol–water partition coefficient (Wildman–Crippen LogP) is 1.69. The molecule has 5 nitrogen and oxygen atoms in total. The highest BCUT2D eigenvalue weighted by Crippen LogP contribution is 2.20. The lowest BCUT2D eigenvalue weighted by molar-refractivity contribution is 0.141. The number of aromatic nitrogens is 2. The van der Waals surface area contributed by atoms with Gasteiger partial charge in [-0.3, -0.25) is 4.90 Å². The van der Waals surface area contributed by atoms with Crippen LogP contribution in [-0.4, -0.2) is 65.3 Å². The van der Waals surface area contributed by atoms with E-state index in [1.807, 2.05) is 6.20 Å². The summed E-state index contributed by atoms with van der Waals surface area (Å²) in [6.07, 6.45) is 5.29. The van der Waals surface area contributed by atoms with Gasteiger partial charge in [-0.2, -0.15) is 0 Å². The first kappa shape index (κ1) is 16.0. The van der Waals surface area contributed by atoms with Crippen LogP contribution >= 0.6 is 0 Å². The molecule has 0 radical (unpaired) electrons. The quantitative estimate of drug-likeness (QED) is 0.829. The van der Waals surface area contributed by atoms with Gasteiger partial charge < -0.3 is 14.2 Å². The molecule has 3 heterocycles. The second kappa shape index (κ2) is 7.11. The van der Waals surface area contributed by atoms with Gasteiger partial charge >= 0.3 is 0 Å². The van der Waals surface area contributed by atoms with Crippen molar-refractivity contribution in [2.24, 2.45) is 11.8 Å². The van der Waals surface area contributed by atoms with Crippen molar-refractivity contribution in [1.29, 1.82) is 0 Å². The third-order valence-corrected chi connectivity index (χ3v) is 5.11. The Hall–Kier alpha value is -0.910. The molecule has 0 aromatic carbocycles. The zero-order valence-corrected chi connectivity index (χ0v) is 14.2. The Morgan fingerprint density at radius 3 is 2.95 bits per heavy atom. The average molecular weight is 306 g/mol. The van der Waals surface area contributed by atoms with Crippen LogP contribution in [0, 0.1) is 11.8 Å². The summed E-state index contributed by atoms with van der Waals surface area (Å²) in [6, 6.07) is 0.599. The minimum Gasteiger partial charge on any atom is -0.381 e. The van der Waals surface area contributed by atoms with Crippen molar-refractivity contribution < 1.29 is 4.74 Å². The summed E-state index contributed by atoms with van der Waals surface area (Å²) in [7, 11) is 2.24. The Balaban J connectivity index is 1.68.